The molecule has 1 unspecified atom stereocenters. The minimum Gasteiger partial charge on any atom is -0.310 e. The van der Waals surface area contributed by atoms with E-state index in [4.69, 9.17) is 0 Å². The molecule has 1 N–H and O–H groups in total. The fourth-order valence-corrected chi connectivity index (χ4v) is 1.88. The maximum absolute atomic E-state index is 13.5. The van der Waals surface area contributed by atoms with Gasteiger partial charge in [0.05, 0.1) is 0 Å². The van der Waals surface area contributed by atoms with Crippen LogP contribution >= 0.6 is 0 Å². The van der Waals surface area contributed by atoms with E-state index in [0.29, 0.717) is 11.5 Å². The molecule has 1 aromatic rings. The summed E-state index contributed by atoms with van der Waals surface area (Å²) in [5, 5.41) is 3.30. The minimum absolute atomic E-state index is 0.0869. The average Bonchev–Trinajstić information content (AvgIpc) is 2.30. The summed E-state index contributed by atoms with van der Waals surface area (Å²) in [6.07, 6.45) is 2.23. The Labute approximate surface area is 102 Å². The van der Waals surface area contributed by atoms with Crippen LogP contribution < -0.4 is 5.32 Å². The summed E-state index contributed by atoms with van der Waals surface area (Å²) in [6.45, 7) is 7.07. The van der Waals surface area contributed by atoms with Crippen molar-refractivity contribution < 1.29 is 8.78 Å². The molecule has 0 fully saturated rings. The largest absolute Gasteiger partial charge is 0.310 e. The highest BCUT2D eigenvalue weighted by molar-refractivity contribution is 5.21. The van der Waals surface area contributed by atoms with Crippen molar-refractivity contribution in [3.8, 4) is 0 Å². The van der Waals surface area contributed by atoms with E-state index in [-0.39, 0.29) is 6.04 Å². The lowest BCUT2D eigenvalue weighted by atomic mass is 10.0. The molecule has 0 aliphatic heterocycles. The van der Waals surface area contributed by atoms with Crippen molar-refractivity contribution in [3.63, 3.8) is 0 Å². The Hall–Kier alpha value is -0.960. The molecule has 96 valence electrons. The fourth-order valence-electron chi connectivity index (χ4n) is 1.88. The molecule has 0 aliphatic rings. The topological polar surface area (TPSA) is 12.0 Å². The molecule has 1 rings (SSSR count). The van der Waals surface area contributed by atoms with Crippen LogP contribution in [0.4, 0.5) is 8.78 Å². The van der Waals surface area contributed by atoms with Gasteiger partial charge in [-0.05, 0) is 25.5 Å². The Morgan fingerprint density at radius 1 is 1.18 bits per heavy atom. The van der Waals surface area contributed by atoms with E-state index in [9.17, 15) is 8.78 Å². The van der Waals surface area contributed by atoms with Crippen LogP contribution in [0.5, 0.6) is 0 Å². The van der Waals surface area contributed by atoms with E-state index in [1.165, 1.54) is 12.1 Å². The van der Waals surface area contributed by atoms with Gasteiger partial charge >= 0.3 is 0 Å². The lowest BCUT2D eigenvalue weighted by Gasteiger charge is -2.19. The van der Waals surface area contributed by atoms with Crippen LogP contribution in [-0.2, 0) is 0 Å². The van der Waals surface area contributed by atoms with Gasteiger partial charge in [-0.1, -0.05) is 32.8 Å². The molecule has 1 atom stereocenters. The molecule has 0 heterocycles. The third kappa shape index (κ3) is 4.08. The molecule has 1 nitrogen and oxygen atoms in total. The second-order valence-corrected chi connectivity index (χ2v) is 4.48. The van der Waals surface area contributed by atoms with Gasteiger partial charge in [0.15, 0.2) is 0 Å². The molecule has 0 amide bonds. The van der Waals surface area contributed by atoms with Gasteiger partial charge in [0.2, 0.25) is 0 Å². The second kappa shape index (κ2) is 6.70. The molecular weight excluding hydrogens is 220 g/mol. The van der Waals surface area contributed by atoms with Gasteiger partial charge < -0.3 is 5.32 Å². The number of halogens is 2. The molecule has 0 spiro atoms. The van der Waals surface area contributed by atoms with E-state index in [1.807, 2.05) is 6.92 Å². The molecule has 3 heteroatoms. The Balaban J connectivity index is 2.60. The van der Waals surface area contributed by atoms with Crippen molar-refractivity contribution in [2.75, 3.05) is 6.54 Å². The highest BCUT2D eigenvalue weighted by Crippen LogP contribution is 2.18. The van der Waals surface area contributed by atoms with Crippen molar-refractivity contribution in [3.05, 3.63) is 35.4 Å². The molecule has 17 heavy (non-hydrogen) atoms. The summed E-state index contributed by atoms with van der Waals surface area (Å²) >= 11 is 0. The van der Waals surface area contributed by atoms with Crippen LogP contribution in [0, 0.1) is 17.6 Å². The molecule has 1 aromatic carbocycles. The van der Waals surface area contributed by atoms with Crippen molar-refractivity contribution in [1.82, 2.24) is 5.32 Å². The predicted molar refractivity (Wildman–Crippen MR) is 66.8 cm³/mol. The van der Waals surface area contributed by atoms with Crippen molar-refractivity contribution in [2.45, 2.75) is 39.7 Å². The fraction of sp³-hybridized carbons (Fsp3) is 0.571. The number of nitrogens with one attached hydrogen (secondary N) is 1. The molecule has 0 aromatic heterocycles. The van der Waals surface area contributed by atoms with E-state index < -0.39 is 11.6 Å². The van der Waals surface area contributed by atoms with Gasteiger partial charge in [-0.25, -0.2) is 8.78 Å². The van der Waals surface area contributed by atoms with Crippen LogP contribution in [0.25, 0.3) is 0 Å². The van der Waals surface area contributed by atoms with Crippen LogP contribution in [0.2, 0.25) is 0 Å². The molecule has 0 radical (unpaired) electrons. The number of hydrogen-bond donors (Lipinski definition) is 1. The molecular formula is C14H21F2N. The first-order valence-corrected chi connectivity index (χ1v) is 6.26. The third-order valence-corrected chi connectivity index (χ3v) is 3.30. The van der Waals surface area contributed by atoms with Gasteiger partial charge in [-0.2, -0.15) is 0 Å². The summed E-state index contributed by atoms with van der Waals surface area (Å²) in [6, 6.07) is 3.66. The maximum Gasteiger partial charge on any atom is 0.130 e. The monoisotopic (exact) mass is 241 g/mol. The Morgan fingerprint density at radius 2 is 1.82 bits per heavy atom. The van der Waals surface area contributed by atoms with Crippen molar-refractivity contribution in [2.24, 2.45) is 5.92 Å². The lowest BCUT2D eigenvalue weighted by molar-refractivity contribution is 0.415. The first kappa shape index (κ1) is 14.1. The molecule has 0 aliphatic carbocycles. The predicted octanol–water partition coefficient (Wildman–Crippen LogP) is 4.05. The van der Waals surface area contributed by atoms with Crippen molar-refractivity contribution >= 4 is 0 Å². The smallest absolute Gasteiger partial charge is 0.130 e. The Bertz CT molecular complexity index is 348. The van der Waals surface area contributed by atoms with Crippen LogP contribution in [-0.4, -0.2) is 6.54 Å². The van der Waals surface area contributed by atoms with Crippen LogP contribution in [0.1, 0.15) is 45.2 Å². The van der Waals surface area contributed by atoms with Gasteiger partial charge in [-0.3, -0.25) is 0 Å². The van der Waals surface area contributed by atoms with Gasteiger partial charge in [0, 0.05) is 17.7 Å². The van der Waals surface area contributed by atoms with Gasteiger partial charge in [0.1, 0.15) is 11.6 Å². The summed E-state index contributed by atoms with van der Waals surface area (Å²) in [5.41, 5.74) is 0.525. The summed E-state index contributed by atoms with van der Waals surface area (Å²) < 4.78 is 26.3. The zero-order chi connectivity index (χ0) is 12.8. The summed E-state index contributed by atoms with van der Waals surface area (Å²) in [5.74, 6) is -0.394. The molecule has 0 saturated heterocycles. The zero-order valence-electron chi connectivity index (χ0n) is 10.8. The quantitative estimate of drug-likeness (QED) is 0.792. The van der Waals surface area contributed by atoms with E-state index in [2.05, 4.69) is 19.2 Å². The van der Waals surface area contributed by atoms with E-state index in [1.54, 1.807) is 0 Å². The minimum atomic E-state index is -0.529. The van der Waals surface area contributed by atoms with Crippen molar-refractivity contribution in [1.29, 1.82) is 0 Å². The first-order chi connectivity index (χ1) is 8.08. The maximum atomic E-state index is 13.5. The molecule has 0 bridgehead atoms. The lowest BCUT2D eigenvalue weighted by Crippen LogP contribution is -2.25. The third-order valence-electron chi connectivity index (χ3n) is 3.30. The summed E-state index contributed by atoms with van der Waals surface area (Å²) in [7, 11) is 0. The SMILES string of the molecule is CCC(CC)CNC(C)c1ccc(F)cc1F. The Kier molecular flexibility index (Phi) is 5.56. The van der Waals surface area contributed by atoms with Gasteiger partial charge in [-0.15, -0.1) is 0 Å². The normalized spacial score (nSPS) is 13.1. The first-order valence-electron chi connectivity index (χ1n) is 6.26. The van der Waals surface area contributed by atoms with Crippen LogP contribution in [0.15, 0.2) is 18.2 Å². The van der Waals surface area contributed by atoms with Crippen LogP contribution in [0.3, 0.4) is 0 Å². The number of benzene rings is 1. The highest BCUT2D eigenvalue weighted by atomic mass is 19.1. The highest BCUT2D eigenvalue weighted by Gasteiger charge is 2.12. The average molecular weight is 241 g/mol. The Morgan fingerprint density at radius 3 is 2.35 bits per heavy atom. The molecule has 0 saturated carbocycles. The standard InChI is InChI=1S/C14H21F2N/c1-4-11(5-2)9-17-10(3)13-7-6-12(15)8-14(13)16/h6-8,10-11,17H,4-5,9H2,1-3H3. The van der Waals surface area contributed by atoms with E-state index in [0.717, 1.165) is 25.5 Å². The second-order valence-electron chi connectivity index (χ2n) is 4.48. The summed E-state index contributed by atoms with van der Waals surface area (Å²) in [4.78, 5) is 0. The zero-order valence-corrected chi connectivity index (χ0v) is 10.8. The number of hydrogen-bond acceptors (Lipinski definition) is 1. The van der Waals surface area contributed by atoms with E-state index >= 15 is 0 Å². The number of rotatable bonds is 6. The van der Waals surface area contributed by atoms with Gasteiger partial charge in [0.25, 0.3) is 0 Å².